The second-order valence-electron chi connectivity index (χ2n) is 4.18. The van der Waals surface area contributed by atoms with E-state index in [1.165, 1.54) is 14.1 Å². The average molecular weight is 325 g/mol. The average Bonchev–Trinajstić information content (AvgIpc) is 2.31. The number of nitrogens with two attached hydrogens (primary N) is 1. The van der Waals surface area contributed by atoms with Gasteiger partial charge in [-0.05, 0) is 18.2 Å². The molecule has 0 saturated carbocycles. The van der Waals surface area contributed by atoms with Gasteiger partial charge in [0.2, 0.25) is 20.0 Å². The summed E-state index contributed by atoms with van der Waals surface area (Å²) in [5.41, 5.74) is 4.99. The van der Waals surface area contributed by atoms with E-state index in [2.05, 4.69) is 4.72 Å². The van der Waals surface area contributed by atoms with Crippen LogP contribution in [0.1, 0.15) is 0 Å². The Bertz CT molecular complexity index is 686. The lowest BCUT2D eigenvalue weighted by atomic mass is 10.3. The third-order valence-electron chi connectivity index (χ3n) is 2.49. The molecule has 0 heterocycles. The van der Waals surface area contributed by atoms with Crippen LogP contribution in [-0.2, 0) is 20.0 Å². The second-order valence-corrected chi connectivity index (χ2v) is 8.25. The zero-order valence-corrected chi connectivity index (χ0v) is 12.6. The Morgan fingerprint density at radius 2 is 1.85 bits per heavy atom. The Kier molecular flexibility index (Phi) is 5.08. The van der Waals surface area contributed by atoms with Crippen LogP contribution in [0, 0.1) is 5.82 Å². The molecule has 3 N–H and O–H groups in total. The molecule has 0 aliphatic rings. The van der Waals surface area contributed by atoms with Gasteiger partial charge in [0.1, 0.15) is 5.82 Å². The summed E-state index contributed by atoms with van der Waals surface area (Å²) in [6, 6.07) is 2.95. The van der Waals surface area contributed by atoms with Gasteiger partial charge in [-0.1, -0.05) is 0 Å². The Morgan fingerprint density at radius 3 is 2.35 bits per heavy atom. The highest BCUT2D eigenvalue weighted by molar-refractivity contribution is 7.90. The van der Waals surface area contributed by atoms with Crippen LogP contribution in [0.3, 0.4) is 0 Å². The molecule has 0 spiro atoms. The van der Waals surface area contributed by atoms with Crippen LogP contribution >= 0.6 is 0 Å². The van der Waals surface area contributed by atoms with Crippen molar-refractivity contribution in [3.8, 4) is 0 Å². The number of sulfonamides is 2. The lowest BCUT2D eigenvalue weighted by Gasteiger charge is -2.12. The molecule has 0 atom stereocenters. The summed E-state index contributed by atoms with van der Waals surface area (Å²) in [5, 5.41) is 0. The zero-order chi connectivity index (χ0) is 15.6. The van der Waals surface area contributed by atoms with Crippen molar-refractivity contribution in [3.05, 3.63) is 24.0 Å². The molecule has 0 unspecified atom stereocenters. The van der Waals surface area contributed by atoms with Crippen molar-refractivity contribution in [2.24, 2.45) is 0 Å². The van der Waals surface area contributed by atoms with E-state index in [1.807, 2.05) is 0 Å². The molecule has 0 aliphatic heterocycles. The van der Waals surface area contributed by atoms with Crippen LogP contribution in [-0.4, -0.2) is 47.5 Å². The standard InChI is InChI=1S/C10H16FN3O4S2/c1-14(2)19(15,16)6-5-13-20(17,18)8-3-4-9(11)10(12)7-8/h3-4,7,13H,5-6,12H2,1-2H3. The highest BCUT2D eigenvalue weighted by Gasteiger charge is 2.18. The molecule has 20 heavy (non-hydrogen) atoms. The Balaban J connectivity index is 2.79. The fraction of sp³-hybridized carbons (Fsp3) is 0.400. The molecule has 0 fully saturated rings. The van der Waals surface area contributed by atoms with E-state index < -0.39 is 25.9 Å². The highest BCUT2D eigenvalue weighted by atomic mass is 32.2. The summed E-state index contributed by atoms with van der Waals surface area (Å²) in [6.45, 7) is -0.292. The highest BCUT2D eigenvalue weighted by Crippen LogP contribution is 2.16. The summed E-state index contributed by atoms with van der Waals surface area (Å²) in [5.74, 6) is -1.10. The van der Waals surface area contributed by atoms with Crippen LogP contribution < -0.4 is 10.5 Å². The number of hydrogen-bond acceptors (Lipinski definition) is 5. The van der Waals surface area contributed by atoms with Crippen molar-refractivity contribution in [1.29, 1.82) is 0 Å². The molecule has 114 valence electrons. The maximum atomic E-state index is 13.0. The SMILES string of the molecule is CN(C)S(=O)(=O)CCNS(=O)(=O)c1ccc(F)c(N)c1. The van der Waals surface area contributed by atoms with E-state index >= 15 is 0 Å². The van der Waals surface area contributed by atoms with E-state index in [9.17, 15) is 21.2 Å². The number of hydrogen-bond donors (Lipinski definition) is 2. The fourth-order valence-corrected chi connectivity index (χ4v) is 3.18. The lowest BCUT2D eigenvalue weighted by Crippen LogP contribution is -2.34. The van der Waals surface area contributed by atoms with Gasteiger partial charge in [-0.2, -0.15) is 0 Å². The summed E-state index contributed by atoms with van der Waals surface area (Å²) in [4.78, 5) is -0.223. The monoisotopic (exact) mass is 325 g/mol. The van der Waals surface area contributed by atoms with Gasteiger partial charge in [-0.3, -0.25) is 0 Å². The normalized spacial score (nSPS) is 12.8. The number of halogens is 1. The molecule has 0 bridgehead atoms. The molecule has 0 radical (unpaired) electrons. The first-order valence-electron chi connectivity index (χ1n) is 5.51. The number of anilines is 1. The fourth-order valence-electron chi connectivity index (χ4n) is 1.26. The van der Waals surface area contributed by atoms with E-state index in [0.29, 0.717) is 0 Å². The summed E-state index contributed by atoms with van der Waals surface area (Å²) in [7, 11) is -4.72. The van der Waals surface area contributed by atoms with Gasteiger partial charge in [0.05, 0.1) is 16.3 Å². The van der Waals surface area contributed by atoms with Gasteiger partial charge in [0.15, 0.2) is 0 Å². The predicted molar refractivity (Wildman–Crippen MR) is 73.5 cm³/mol. The molecule has 7 nitrogen and oxygen atoms in total. The number of rotatable bonds is 6. The molecular weight excluding hydrogens is 309 g/mol. The minimum Gasteiger partial charge on any atom is -0.396 e. The topological polar surface area (TPSA) is 110 Å². The van der Waals surface area contributed by atoms with Crippen molar-refractivity contribution < 1.29 is 21.2 Å². The van der Waals surface area contributed by atoms with Crippen LogP contribution in [0.4, 0.5) is 10.1 Å². The number of nitrogens with zero attached hydrogens (tertiary/aromatic N) is 1. The Morgan fingerprint density at radius 1 is 1.25 bits per heavy atom. The second kappa shape index (κ2) is 6.04. The van der Waals surface area contributed by atoms with E-state index in [0.717, 1.165) is 22.5 Å². The number of nitrogens with one attached hydrogen (secondary N) is 1. The predicted octanol–water partition coefficient (Wildman–Crippen LogP) is -0.422. The minimum absolute atomic E-state index is 0.223. The van der Waals surface area contributed by atoms with Crippen LogP contribution in [0.2, 0.25) is 0 Å². The third kappa shape index (κ3) is 4.13. The molecule has 1 aromatic rings. The van der Waals surface area contributed by atoms with Crippen LogP contribution in [0.25, 0.3) is 0 Å². The molecule has 0 aliphatic carbocycles. The van der Waals surface area contributed by atoms with Crippen LogP contribution in [0.15, 0.2) is 23.1 Å². The Hall–Kier alpha value is -1.23. The maximum absolute atomic E-state index is 13.0. The quantitative estimate of drug-likeness (QED) is 0.690. The molecule has 10 heteroatoms. The van der Waals surface area contributed by atoms with Crippen molar-refractivity contribution in [1.82, 2.24) is 9.03 Å². The first kappa shape index (κ1) is 16.8. The van der Waals surface area contributed by atoms with Gasteiger partial charge in [-0.25, -0.2) is 30.3 Å². The molecule has 0 saturated heterocycles. The lowest BCUT2D eigenvalue weighted by molar-refractivity contribution is 0.519. The molecule has 0 aromatic heterocycles. The van der Waals surface area contributed by atoms with Gasteiger partial charge in [0.25, 0.3) is 0 Å². The largest absolute Gasteiger partial charge is 0.396 e. The smallest absolute Gasteiger partial charge is 0.240 e. The summed E-state index contributed by atoms with van der Waals surface area (Å²) >= 11 is 0. The van der Waals surface area contributed by atoms with Crippen LogP contribution in [0.5, 0.6) is 0 Å². The van der Waals surface area contributed by atoms with Crippen molar-refractivity contribution >= 4 is 25.7 Å². The Labute approximate surface area is 117 Å². The van der Waals surface area contributed by atoms with E-state index in [-0.39, 0.29) is 22.9 Å². The zero-order valence-electron chi connectivity index (χ0n) is 11.0. The third-order valence-corrected chi connectivity index (χ3v) is 5.78. The van der Waals surface area contributed by atoms with Crippen molar-refractivity contribution in [2.75, 3.05) is 32.1 Å². The molecule has 1 aromatic carbocycles. The van der Waals surface area contributed by atoms with Gasteiger partial charge < -0.3 is 5.73 Å². The van der Waals surface area contributed by atoms with E-state index in [4.69, 9.17) is 5.73 Å². The molecular formula is C10H16FN3O4S2. The summed E-state index contributed by atoms with van der Waals surface area (Å²) < 4.78 is 62.7. The molecule has 0 amide bonds. The van der Waals surface area contributed by atoms with Crippen molar-refractivity contribution in [2.45, 2.75) is 4.90 Å². The first-order valence-corrected chi connectivity index (χ1v) is 8.60. The van der Waals surface area contributed by atoms with Gasteiger partial charge in [-0.15, -0.1) is 0 Å². The first-order chi connectivity index (χ1) is 9.06. The van der Waals surface area contributed by atoms with E-state index in [1.54, 1.807) is 0 Å². The molecule has 1 rings (SSSR count). The number of nitrogen functional groups attached to an aromatic ring is 1. The summed E-state index contributed by atoms with van der Waals surface area (Å²) in [6.07, 6.45) is 0. The van der Waals surface area contributed by atoms with Gasteiger partial charge >= 0.3 is 0 Å². The minimum atomic E-state index is -3.93. The maximum Gasteiger partial charge on any atom is 0.240 e. The number of benzene rings is 1. The van der Waals surface area contributed by atoms with Crippen molar-refractivity contribution in [3.63, 3.8) is 0 Å². The van der Waals surface area contributed by atoms with Gasteiger partial charge in [0, 0.05) is 20.6 Å².